The highest BCUT2D eigenvalue weighted by Gasteiger charge is 2.20. The number of nitro benzene ring substituents is 1. The summed E-state index contributed by atoms with van der Waals surface area (Å²) >= 11 is 0. The van der Waals surface area contributed by atoms with Crippen LogP contribution < -0.4 is 5.14 Å². The van der Waals surface area contributed by atoms with Crippen molar-refractivity contribution in [2.45, 2.75) is 0 Å². The third kappa shape index (κ3) is 2.58. The summed E-state index contributed by atoms with van der Waals surface area (Å²) in [5, 5.41) is 13.6. The SMILES string of the molecule is NS(=O)(=O)C(=O)c1cccc([N+](=O)[O-])c1. The summed E-state index contributed by atoms with van der Waals surface area (Å²) in [6.07, 6.45) is 0. The van der Waals surface area contributed by atoms with E-state index in [1.165, 1.54) is 6.07 Å². The van der Waals surface area contributed by atoms with Gasteiger partial charge in [0.25, 0.3) is 20.8 Å². The molecule has 7 nitrogen and oxygen atoms in total. The predicted molar refractivity (Wildman–Crippen MR) is 50.5 cm³/mol. The smallest absolute Gasteiger partial charge is 0.274 e. The molecular formula is C7H6N2O5S. The van der Waals surface area contributed by atoms with Gasteiger partial charge in [0.2, 0.25) is 0 Å². The van der Waals surface area contributed by atoms with E-state index in [9.17, 15) is 23.3 Å². The molecule has 1 aromatic carbocycles. The van der Waals surface area contributed by atoms with Crippen LogP contribution in [0.1, 0.15) is 10.4 Å². The second-order valence-electron chi connectivity index (χ2n) is 2.64. The van der Waals surface area contributed by atoms with Crippen LogP contribution in [0.2, 0.25) is 0 Å². The Hall–Kier alpha value is -1.80. The Morgan fingerprint density at radius 1 is 1.40 bits per heavy atom. The van der Waals surface area contributed by atoms with Crippen LogP contribution >= 0.6 is 0 Å². The van der Waals surface area contributed by atoms with Crippen LogP contribution in [0.3, 0.4) is 0 Å². The van der Waals surface area contributed by atoms with Gasteiger partial charge < -0.3 is 0 Å². The molecule has 0 bridgehead atoms. The molecular weight excluding hydrogens is 224 g/mol. The van der Waals surface area contributed by atoms with Gasteiger partial charge in [0.15, 0.2) is 0 Å². The molecule has 0 radical (unpaired) electrons. The molecule has 0 unspecified atom stereocenters. The van der Waals surface area contributed by atoms with Crippen molar-refractivity contribution in [3.05, 3.63) is 39.9 Å². The first-order valence-corrected chi connectivity index (χ1v) is 5.18. The highest BCUT2D eigenvalue weighted by molar-refractivity contribution is 8.04. The van der Waals surface area contributed by atoms with Crippen LogP contribution in [0.5, 0.6) is 0 Å². The van der Waals surface area contributed by atoms with Crippen molar-refractivity contribution in [2.75, 3.05) is 0 Å². The minimum Gasteiger partial charge on any atom is -0.274 e. The summed E-state index contributed by atoms with van der Waals surface area (Å²) in [6, 6.07) is 4.34. The van der Waals surface area contributed by atoms with E-state index in [4.69, 9.17) is 0 Å². The number of nitrogens with zero attached hydrogens (tertiary/aromatic N) is 1. The number of rotatable bonds is 2. The van der Waals surface area contributed by atoms with E-state index in [1.54, 1.807) is 0 Å². The van der Waals surface area contributed by atoms with Gasteiger partial charge in [-0.3, -0.25) is 14.9 Å². The molecule has 1 aromatic rings. The monoisotopic (exact) mass is 230 g/mol. The first-order chi connectivity index (χ1) is 6.82. The average Bonchev–Trinajstić information content (AvgIpc) is 2.15. The molecule has 0 aliphatic carbocycles. The second-order valence-corrected chi connectivity index (χ2v) is 4.10. The number of carbonyl (C=O) groups excluding carboxylic acids is 1. The quantitative estimate of drug-likeness (QED) is 0.567. The number of non-ortho nitro benzene ring substituents is 1. The Kier molecular flexibility index (Phi) is 2.82. The molecule has 0 aromatic heterocycles. The minimum absolute atomic E-state index is 0.327. The highest BCUT2D eigenvalue weighted by atomic mass is 32.2. The van der Waals surface area contributed by atoms with E-state index in [0.29, 0.717) is 0 Å². The van der Waals surface area contributed by atoms with Crippen LogP contribution in [0.25, 0.3) is 0 Å². The lowest BCUT2D eigenvalue weighted by Crippen LogP contribution is -2.23. The second kappa shape index (κ2) is 3.75. The van der Waals surface area contributed by atoms with E-state index >= 15 is 0 Å². The van der Waals surface area contributed by atoms with Gasteiger partial charge in [-0.25, -0.2) is 13.6 Å². The fraction of sp³-hybridized carbons (Fsp3) is 0. The van der Waals surface area contributed by atoms with Crippen LogP contribution in [-0.2, 0) is 10.0 Å². The molecule has 0 heterocycles. The maximum atomic E-state index is 11.1. The number of sulfonamides is 1. The van der Waals surface area contributed by atoms with Crippen LogP contribution in [0.4, 0.5) is 5.69 Å². The molecule has 8 heteroatoms. The Bertz CT molecular complexity index is 522. The van der Waals surface area contributed by atoms with Gasteiger partial charge in [-0.1, -0.05) is 6.07 Å². The average molecular weight is 230 g/mol. The Labute approximate surface area is 84.7 Å². The zero-order valence-corrected chi connectivity index (χ0v) is 8.10. The molecule has 1 rings (SSSR count). The van der Waals surface area contributed by atoms with E-state index < -0.39 is 20.1 Å². The summed E-state index contributed by atoms with van der Waals surface area (Å²) in [4.78, 5) is 20.7. The van der Waals surface area contributed by atoms with E-state index in [1.807, 2.05) is 0 Å². The molecule has 15 heavy (non-hydrogen) atoms. The lowest BCUT2D eigenvalue weighted by molar-refractivity contribution is -0.384. The van der Waals surface area contributed by atoms with Gasteiger partial charge in [-0.05, 0) is 6.07 Å². The molecule has 0 aliphatic rings. The standard InChI is InChI=1S/C7H6N2O5S/c8-15(13,14)7(10)5-2-1-3-6(4-5)9(11)12/h1-4H,(H2,8,13,14). The molecule has 2 N–H and O–H groups in total. The maximum absolute atomic E-state index is 11.1. The molecule has 0 saturated heterocycles. The first kappa shape index (κ1) is 11.3. The molecule has 0 spiro atoms. The van der Waals surface area contributed by atoms with Crippen molar-refractivity contribution < 1.29 is 18.1 Å². The third-order valence-corrected chi connectivity index (χ3v) is 2.30. The molecule has 0 atom stereocenters. The maximum Gasteiger partial charge on any atom is 0.291 e. The first-order valence-electron chi connectivity index (χ1n) is 3.64. The summed E-state index contributed by atoms with van der Waals surface area (Å²) in [7, 11) is -4.36. The van der Waals surface area contributed by atoms with Crippen molar-refractivity contribution in [3.8, 4) is 0 Å². The zero-order valence-electron chi connectivity index (χ0n) is 7.28. The molecule has 0 fully saturated rings. The molecule has 0 amide bonds. The number of carbonyl (C=O) groups is 1. The predicted octanol–water partition coefficient (Wildman–Crippen LogP) is 0.0235. The lowest BCUT2D eigenvalue weighted by Gasteiger charge is -1.97. The van der Waals surface area contributed by atoms with Gasteiger partial charge in [0.1, 0.15) is 0 Å². The van der Waals surface area contributed by atoms with Crippen molar-refractivity contribution in [1.29, 1.82) is 0 Å². The van der Waals surface area contributed by atoms with Crippen molar-refractivity contribution in [1.82, 2.24) is 0 Å². The molecule has 80 valence electrons. The fourth-order valence-corrected chi connectivity index (χ4v) is 1.37. The summed E-state index contributed by atoms with van der Waals surface area (Å²) in [5.74, 6) is 0. The number of benzene rings is 1. The van der Waals surface area contributed by atoms with E-state index in [-0.39, 0.29) is 11.3 Å². The highest BCUT2D eigenvalue weighted by Crippen LogP contribution is 2.14. The Morgan fingerprint density at radius 2 is 2.00 bits per heavy atom. The van der Waals surface area contributed by atoms with Crippen molar-refractivity contribution in [2.24, 2.45) is 5.14 Å². The number of nitrogens with two attached hydrogens (primary N) is 1. The van der Waals surface area contributed by atoms with E-state index in [2.05, 4.69) is 5.14 Å². The van der Waals surface area contributed by atoms with Gasteiger partial charge in [0, 0.05) is 17.7 Å². The lowest BCUT2D eigenvalue weighted by atomic mass is 10.2. The number of nitro groups is 1. The summed E-state index contributed by atoms with van der Waals surface area (Å²) < 4.78 is 21.3. The van der Waals surface area contributed by atoms with Gasteiger partial charge in [-0.15, -0.1) is 0 Å². The normalized spacial score (nSPS) is 11.0. The Balaban J connectivity index is 3.23. The Morgan fingerprint density at radius 3 is 2.47 bits per heavy atom. The van der Waals surface area contributed by atoms with Gasteiger partial charge >= 0.3 is 0 Å². The molecule has 0 aliphatic heterocycles. The van der Waals surface area contributed by atoms with Crippen LogP contribution in [0.15, 0.2) is 24.3 Å². The summed E-state index contributed by atoms with van der Waals surface area (Å²) in [6.45, 7) is 0. The van der Waals surface area contributed by atoms with Crippen LogP contribution in [-0.4, -0.2) is 18.5 Å². The minimum atomic E-state index is -4.36. The molecule has 0 saturated carbocycles. The van der Waals surface area contributed by atoms with Crippen molar-refractivity contribution >= 4 is 20.8 Å². The number of hydrogen-bond acceptors (Lipinski definition) is 5. The van der Waals surface area contributed by atoms with Crippen LogP contribution in [0, 0.1) is 10.1 Å². The zero-order chi connectivity index (χ0) is 11.6. The van der Waals surface area contributed by atoms with Gasteiger partial charge in [0.05, 0.1) is 4.92 Å². The largest absolute Gasteiger partial charge is 0.291 e. The third-order valence-electron chi connectivity index (χ3n) is 1.55. The van der Waals surface area contributed by atoms with Gasteiger partial charge in [-0.2, -0.15) is 0 Å². The van der Waals surface area contributed by atoms with E-state index in [0.717, 1.165) is 18.2 Å². The number of hydrogen-bond donors (Lipinski definition) is 1. The number of primary sulfonamides is 1. The summed E-state index contributed by atoms with van der Waals surface area (Å²) in [5.41, 5.74) is -0.698. The topological polar surface area (TPSA) is 120 Å². The fourth-order valence-electron chi connectivity index (χ4n) is 0.911. The van der Waals surface area contributed by atoms with Crippen molar-refractivity contribution in [3.63, 3.8) is 0 Å².